The number of nitrogens with two attached hydrogens (primary N) is 1. The fraction of sp³-hybridized carbons (Fsp3) is 0.357. The van der Waals surface area contributed by atoms with Gasteiger partial charge in [0.2, 0.25) is 18.2 Å². The fourth-order valence-electron chi connectivity index (χ4n) is 1.93. The minimum Gasteiger partial charge on any atom is -0.423 e. The standard InChI is InChI=1S/C14H18N4O2/c1-3-10(7-15)13(19)17-12-5-4-11(6-9(12)2)14-18-16-8-20-14/h4-6,8,10H,3,7,15H2,1-2H3,(H,17,19). The first-order chi connectivity index (χ1) is 9.65. The summed E-state index contributed by atoms with van der Waals surface area (Å²) >= 11 is 0. The number of benzene rings is 1. The summed E-state index contributed by atoms with van der Waals surface area (Å²) in [6, 6.07) is 5.56. The average molecular weight is 274 g/mol. The van der Waals surface area contributed by atoms with Crippen LogP contribution in [0.1, 0.15) is 18.9 Å². The summed E-state index contributed by atoms with van der Waals surface area (Å²) in [5.41, 5.74) is 8.10. The predicted molar refractivity (Wildman–Crippen MR) is 75.9 cm³/mol. The molecule has 0 aliphatic rings. The maximum atomic E-state index is 12.0. The number of nitrogens with zero attached hydrogens (tertiary/aromatic N) is 2. The van der Waals surface area contributed by atoms with Crippen LogP contribution in [0.15, 0.2) is 29.0 Å². The van der Waals surface area contributed by atoms with E-state index in [-0.39, 0.29) is 11.8 Å². The highest BCUT2D eigenvalue weighted by Gasteiger charge is 2.15. The summed E-state index contributed by atoms with van der Waals surface area (Å²) in [6.07, 6.45) is 2.01. The van der Waals surface area contributed by atoms with E-state index in [0.717, 1.165) is 23.2 Å². The van der Waals surface area contributed by atoms with Crippen LogP contribution >= 0.6 is 0 Å². The number of carbonyl (C=O) groups excluding carboxylic acids is 1. The molecule has 0 spiro atoms. The van der Waals surface area contributed by atoms with Crippen molar-refractivity contribution in [2.75, 3.05) is 11.9 Å². The SMILES string of the molecule is CCC(CN)C(=O)Nc1ccc(-c2nnco2)cc1C. The Morgan fingerprint density at radius 2 is 2.30 bits per heavy atom. The Bertz CT molecular complexity index is 577. The normalized spacial score (nSPS) is 12.2. The molecule has 0 bridgehead atoms. The highest BCUT2D eigenvalue weighted by atomic mass is 16.4. The van der Waals surface area contributed by atoms with Crippen molar-refractivity contribution in [3.05, 3.63) is 30.2 Å². The minimum atomic E-state index is -0.162. The molecule has 0 aliphatic heterocycles. The molecule has 1 amide bonds. The highest BCUT2D eigenvalue weighted by Crippen LogP contribution is 2.23. The largest absolute Gasteiger partial charge is 0.423 e. The lowest BCUT2D eigenvalue weighted by atomic mass is 10.0. The Balaban J connectivity index is 2.16. The molecule has 0 saturated carbocycles. The van der Waals surface area contributed by atoms with Gasteiger partial charge in [-0.25, -0.2) is 0 Å². The third kappa shape index (κ3) is 3.03. The molecular weight excluding hydrogens is 256 g/mol. The molecule has 0 saturated heterocycles. The van der Waals surface area contributed by atoms with Gasteiger partial charge in [-0.1, -0.05) is 6.92 Å². The van der Waals surface area contributed by atoms with Crippen molar-refractivity contribution in [3.8, 4) is 11.5 Å². The Kier molecular flexibility index (Phi) is 4.47. The quantitative estimate of drug-likeness (QED) is 0.869. The Morgan fingerprint density at radius 3 is 2.85 bits per heavy atom. The van der Waals surface area contributed by atoms with Crippen LogP contribution < -0.4 is 11.1 Å². The van der Waals surface area contributed by atoms with Gasteiger partial charge in [0.1, 0.15) is 0 Å². The molecule has 0 radical (unpaired) electrons. The van der Waals surface area contributed by atoms with E-state index in [9.17, 15) is 4.79 Å². The van der Waals surface area contributed by atoms with Crippen molar-refractivity contribution in [2.24, 2.45) is 11.7 Å². The van der Waals surface area contributed by atoms with E-state index in [1.165, 1.54) is 6.39 Å². The molecule has 1 unspecified atom stereocenters. The zero-order valence-corrected chi connectivity index (χ0v) is 11.6. The molecular formula is C14H18N4O2. The second-order valence-electron chi connectivity index (χ2n) is 4.60. The van der Waals surface area contributed by atoms with Crippen molar-refractivity contribution in [1.29, 1.82) is 0 Å². The zero-order valence-electron chi connectivity index (χ0n) is 11.6. The van der Waals surface area contributed by atoms with Gasteiger partial charge in [-0.2, -0.15) is 0 Å². The molecule has 106 valence electrons. The zero-order chi connectivity index (χ0) is 14.5. The van der Waals surface area contributed by atoms with Crippen molar-refractivity contribution < 1.29 is 9.21 Å². The van der Waals surface area contributed by atoms with Crippen LogP contribution in [0.4, 0.5) is 5.69 Å². The summed E-state index contributed by atoms with van der Waals surface area (Å²) in [6.45, 7) is 4.21. The first-order valence-electron chi connectivity index (χ1n) is 6.53. The number of hydrogen-bond acceptors (Lipinski definition) is 5. The summed E-state index contributed by atoms with van der Waals surface area (Å²) in [7, 11) is 0. The summed E-state index contributed by atoms with van der Waals surface area (Å²) in [5.74, 6) is 0.244. The molecule has 3 N–H and O–H groups in total. The molecule has 6 heteroatoms. The van der Waals surface area contributed by atoms with Crippen LogP contribution in [0.2, 0.25) is 0 Å². The van der Waals surface area contributed by atoms with Crippen molar-refractivity contribution >= 4 is 11.6 Å². The number of carbonyl (C=O) groups is 1. The van der Waals surface area contributed by atoms with Crippen LogP contribution in [0, 0.1) is 12.8 Å². The number of hydrogen-bond donors (Lipinski definition) is 2. The van der Waals surface area contributed by atoms with Crippen LogP contribution in [0.5, 0.6) is 0 Å². The first kappa shape index (κ1) is 14.2. The van der Waals surface area contributed by atoms with Crippen LogP contribution in [-0.4, -0.2) is 22.6 Å². The number of aryl methyl sites for hydroxylation is 1. The van der Waals surface area contributed by atoms with E-state index in [4.69, 9.17) is 10.2 Å². The second kappa shape index (κ2) is 6.29. The molecule has 0 aliphatic carbocycles. The minimum absolute atomic E-state index is 0.0522. The molecule has 2 aromatic rings. The number of rotatable bonds is 5. The summed E-state index contributed by atoms with van der Waals surface area (Å²) in [4.78, 5) is 12.0. The molecule has 1 aromatic carbocycles. The number of amides is 1. The average Bonchev–Trinajstić information content (AvgIpc) is 2.96. The van der Waals surface area contributed by atoms with Crippen molar-refractivity contribution in [2.45, 2.75) is 20.3 Å². The lowest BCUT2D eigenvalue weighted by Gasteiger charge is -2.14. The molecule has 0 fully saturated rings. The third-order valence-corrected chi connectivity index (χ3v) is 3.24. The van der Waals surface area contributed by atoms with E-state index in [2.05, 4.69) is 15.5 Å². The van der Waals surface area contributed by atoms with Gasteiger partial charge in [-0.05, 0) is 37.1 Å². The van der Waals surface area contributed by atoms with Gasteiger partial charge < -0.3 is 15.5 Å². The summed E-state index contributed by atoms with van der Waals surface area (Å²) in [5, 5.41) is 10.4. The van der Waals surface area contributed by atoms with E-state index in [0.29, 0.717) is 12.4 Å². The maximum absolute atomic E-state index is 12.0. The van der Waals surface area contributed by atoms with Gasteiger partial charge in [0.05, 0.1) is 5.92 Å². The number of aromatic nitrogens is 2. The lowest BCUT2D eigenvalue weighted by Crippen LogP contribution is -2.28. The molecule has 2 rings (SSSR count). The van der Waals surface area contributed by atoms with Gasteiger partial charge in [0.25, 0.3) is 0 Å². The molecule has 1 heterocycles. The topological polar surface area (TPSA) is 94.0 Å². The van der Waals surface area contributed by atoms with Crippen LogP contribution in [0.25, 0.3) is 11.5 Å². The second-order valence-corrected chi connectivity index (χ2v) is 4.60. The third-order valence-electron chi connectivity index (χ3n) is 3.24. The van der Waals surface area contributed by atoms with E-state index < -0.39 is 0 Å². The molecule has 1 aromatic heterocycles. The van der Waals surface area contributed by atoms with E-state index in [1.807, 2.05) is 32.0 Å². The van der Waals surface area contributed by atoms with Crippen LogP contribution in [0.3, 0.4) is 0 Å². The first-order valence-corrected chi connectivity index (χ1v) is 6.53. The van der Waals surface area contributed by atoms with Gasteiger partial charge in [-0.3, -0.25) is 4.79 Å². The van der Waals surface area contributed by atoms with Crippen molar-refractivity contribution in [1.82, 2.24) is 10.2 Å². The molecule has 20 heavy (non-hydrogen) atoms. The van der Waals surface area contributed by atoms with Crippen LogP contribution in [-0.2, 0) is 4.79 Å². The molecule has 1 atom stereocenters. The fourth-order valence-corrected chi connectivity index (χ4v) is 1.93. The van der Waals surface area contributed by atoms with Gasteiger partial charge in [0.15, 0.2) is 0 Å². The predicted octanol–water partition coefficient (Wildman–Crippen LogP) is 1.97. The van der Waals surface area contributed by atoms with Gasteiger partial charge in [-0.15, -0.1) is 10.2 Å². The maximum Gasteiger partial charge on any atom is 0.247 e. The lowest BCUT2D eigenvalue weighted by molar-refractivity contribution is -0.119. The van der Waals surface area contributed by atoms with Crippen molar-refractivity contribution in [3.63, 3.8) is 0 Å². The Labute approximate surface area is 117 Å². The molecule has 6 nitrogen and oxygen atoms in total. The number of anilines is 1. The van der Waals surface area contributed by atoms with E-state index >= 15 is 0 Å². The van der Waals surface area contributed by atoms with Gasteiger partial charge in [0, 0.05) is 17.8 Å². The summed E-state index contributed by atoms with van der Waals surface area (Å²) < 4.78 is 5.14. The Hall–Kier alpha value is -2.21. The highest BCUT2D eigenvalue weighted by molar-refractivity contribution is 5.93. The van der Waals surface area contributed by atoms with Gasteiger partial charge >= 0.3 is 0 Å². The smallest absolute Gasteiger partial charge is 0.247 e. The number of nitrogens with one attached hydrogen (secondary N) is 1. The Morgan fingerprint density at radius 1 is 1.50 bits per heavy atom. The monoisotopic (exact) mass is 274 g/mol. The van der Waals surface area contributed by atoms with E-state index in [1.54, 1.807) is 0 Å².